The fourth-order valence-corrected chi connectivity index (χ4v) is 2.96. The molecular weight excluding hydrogens is 380 g/mol. The minimum Gasteiger partial charge on any atom is -0.432 e. The summed E-state index contributed by atoms with van der Waals surface area (Å²) in [7, 11) is 0. The van der Waals surface area contributed by atoms with Gasteiger partial charge in [0.25, 0.3) is 5.95 Å². The lowest BCUT2D eigenvalue weighted by atomic mass is 10.1. The average molecular weight is 394 g/mol. The van der Waals surface area contributed by atoms with Crippen LogP contribution >= 0.6 is 0 Å². The Hall–Kier alpha value is -3.17. The summed E-state index contributed by atoms with van der Waals surface area (Å²) in [6.07, 6.45) is 2.24. The summed E-state index contributed by atoms with van der Waals surface area (Å²) < 4.78 is 58.0. The van der Waals surface area contributed by atoms with Crippen molar-refractivity contribution in [3.05, 3.63) is 42.2 Å². The monoisotopic (exact) mass is 394 g/mol. The van der Waals surface area contributed by atoms with Crippen molar-refractivity contribution in [2.24, 2.45) is 0 Å². The van der Waals surface area contributed by atoms with E-state index in [4.69, 9.17) is 0 Å². The number of likely N-dealkylation sites (tertiary alicyclic amines) is 1. The number of fused-ring (bicyclic) bond motifs is 1. The number of benzene rings is 1. The first-order valence-electron chi connectivity index (χ1n) is 8.47. The fourth-order valence-electron chi connectivity index (χ4n) is 2.96. The lowest BCUT2D eigenvalue weighted by Crippen LogP contribution is -2.43. The van der Waals surface area contributed by atoms with Gasteiger partial charge in [-0.05, 0) is 30.2 Å². The molecule has 1 saturated heterocycles. The van der Waals surface area contributed by atoms with E-state index in [1.165, 1.54) is 23.0 Å². The normalized spacial score (nSPS) is 13.8. The van der Waals surface area contributed by atoms with Gasteiger partial charge in [-0.2, -0.15) is 13.2 Å². The summed E-state index contributed by atoms with van der Waals surface area (Å²) in [6, 6.07) is 4.97. The quantitative estimate of drug-likeness (QED) is 0.624. The summed E-state index contributed by atoms with van der Waals surface area (Å²) in [5.74, 6) is -2.55. The second-order valence-corrected chi connectivity index (χ2v) is 6.30. The van der Waals surface area contributed by atoms with Gasteiger partial charge in [-0.25, -0.2) is 9.37 Å². The number of ether oxygens (including phenoxy) is 1. The maximum absolute atomic E-state index is 14.1. The van der Waals surface area contributed by atoms with Crippen molar-refractivity contribution in [2.75, 3.05) is 13.1 Å². The molecule has 3 aromatic rings. The molecule has 146 valence electrons. The summed E-state index contributed by atoms with van der Waals surface area (Å²) in [5, 5.41) is 3.73. The van der Waals surface area contributed by atoms with Gasteiger partial charge >= 0.3 is 6.61 Å². The Morgan fingerprint density at radius 2 is 1.96 bits per heavy atom. The Balaban J connectivity index is 1.71. The Bertz CT molecular complexity index is 1050. The molecule has 4 rings (SSSR count). The number of carbonyl (C=O) groups excluding carboxylic acids is 1. The van der Waals surface area contributed by atoms with Crippen molar-refractivity contribution < 1.29 is 27.1 Å². The van der Waals surface area contributed by atoms with Crippen LogP contribution in [0.2, 0.25) is 0 Å². The fraction of sp³-hybridized carbons (Fsp3) is 0.278. The number of alkyl halides is 2. The van der Waals surface area contributed by atoms with Gasteiger partial charge in [-0.15, -0.1) is 5.10 Å². The summed E-state index contributed by atoms with van der Waals surface area (Å²) in [4.78, 5) is 17.8. The van der Waals surface area contributed by atoms with Gasteiger partial charge in [-0.1, -0.05) is 6.07 Å². The molecule has 0 unspecified atom stereocenters. The van der Waals surface area contributed by atoms with E-state index in [9.17, 15) is 22.4 Å². The van der Waals surface area contributed by atoms with Crippen LogP contribution in [0, 0.1) is 11.8 Å². The van der Waals surface area contributed by atoms with Crippen molar-refractivity contribution in [3.8, 4) is 16.9 Å². The first kappa shape index (κ1) is 18.2. The molecule has 0 spiro atoms. The molecule has 1 aliphatic rings. The van der Waals surface area contributed by atoms with Crippen LogP contribution in [-0.2, 0) is 11.3 Å². The van der Waals surface area contributed by atoms with Crippen molar-refractivity contribution in [1.29, 1.82) is 0 Å². The summed E-state index contributed by atoms with van der Waals surface area (Å²) in [6.45, 7) is -2.00. The molecule has 0 saturated carbocycles. The third kappa shape index (κ3) is 3.37. The second-order valence-electron chi connectivity index (χ2n) is 6.30. The predicted octanol–water partition coefficient (Wildman–Crippen LogP) is 3.21. The first-order chi connectivity index (χ1) is 13.4. The number of pyridine rings is 1. The van der Waals surface area contributed by atoms with E-state index < -0.39 is 24.1 Å². The molecule has 0 N–H and O–H groups in total. The maximum Gasteiger partial charge on any atom is 0.387 e. The molecule has 0 bridgehead atoms. The van der Waals surface area contributed by atoms with Crippen LogP contribution in [0.3, 0.4) is 0 Å². The van der Waals surface area contributed by atoms with Gasteiger partial charge in [0.2, 0.25) is 5.91 Å². The zero-order valence-electron chi connectivity index (χ0n) is 14.4. The second kappa shape index (κ2) is 7.10. The van der Waals surface area contributed by atoms with Crippen LogP contribution in [0.5, 0.6) is 5.75 Å². The van der Waals surface area contributed by atoms with E-state index >= 15 is 0 Å². The minimum atomic E-state index is -3.17. The highest BCUT2D eigenvalue weighted by molar-refractivity contribution is 5.83. The van der Waals surface area contributed by atoms with Gasteiger partial charge < -0.3 is 9.64 Å². The molecule has 1 aliphatic heterocycles. The zero-order valence-corrected chi connectivity index (χ0v) is 14.4. The molecule has 0 aliphatic carbocycles. The molecule has 3 heterocycles. The van der Waals surface area contributed by atoms with Crippen molar-refractivity contribution in [3.63, 3.8) is 0 Å². The van der Waals surface area contributed by atoms with Gasteiger partial charge in [0.1, 0.15) is 12.1 Å². The third-order valence-corrected chi connectivity index (χ3v) is 4.52. The van der Waals surface area contributed by atoms with Crippen LogP contribution < -0.4 is 4.74 Å². The zero-order chi connectivity index (χ0) is 19.8. The van der Waals surface area contributed by atoms with E-state index in [0.29, 0.717) is 24.2 Å². The molecule has 10 heteroatoms. The molecular formula is C18H14F4N4O2. The van der Waals surface area contributed by atoms with Gasteiger partial charge in [0.05, 0.1) is 5.52 Å². The third-order valence-electron chi connectivity index (χ3n) is 4.52. The average Bonchev–Trinajstić information content (AvgIpc) is 2.90. The van der Waals surface area contributed by atoms with E-state index in [0.717, 1.165) is 18.6 Å². The highest BCUT2D eigenvalue weighted by Gasteiger charge is 2.22. The Morgan fingerprint density at radius 1 is 1.18 bits per heavy atom. The molecule has 0 atom stereocenters. The lowest BCUT2D eigenvalue weighted by molar-refractivity contribution is -0.135. The van der Waals surface area contributed by atoms with Gasteiger partial charge in [0, 0.05) is 24.8 Å². The van der Waals surface area contributed by atoms with E-state index in [2.05, 4.69) is 14.8 Å². The van der Waals surface area contributed by atoms with Gasteiger partial charge in [-0.3, -0.25) is 9.48 Å². The number of hydrogen-bond acceptors (Lipinski definition) is 4. The largest absolute Gasteiger partial charge is 0.432 e. The molecule has 2 aromatic heterocycles. The topological polar surface area (TPSA) is 60.3 Å². The molecule has 0 radical (unpaired) electrons. The number of rotatable bonds is 5. The Kier molecular flexibility index (Phi) is 4.62. The molecule has 28 heavy (non-hydrogen) atoms. The number of nitrogens with zero attached hydrogens (tertiary/aromatic N) is 4. The minimum absolute atomic E-state index is 0.0219. The van der Waals surface area contributed by atoms with Crippen LogP contribution in [-0.4, -0.2) is 45.3 Å². The number of carbonyl (C=O) groups is 1. The highest BCUT2D eigenvalue weighted by Crippen LogP contribution is 2.29. The molecule has 1 aromatic carbocycles. The Morgan fingerprint density at radius 3 is 2.64 bits per heavy atom. The molecule has 1 fully saturated rings. The van der Waals surface area contributed by atoms with Crippen LogP contribution in [0.15, 0.2) is 30.5 Å². The number of amides is 1. The number of halogens is 4. The number of hydrogen-bond donors (Lipinski definition) is 0. The Labute approximate surface area is 156 Å². The predicted molar refractivity (Wildman–Crippen MR) is 90.7 cm³/mol. The highest BCUT2D eigenvalue weighted by atomic mass is 19.3. The summed E-state index contributed by atoms with van der Waals surface area (Å²) in [5.41, 5.74) is 0.994. The lowest BCUT2D eigenvalue weighted by Gasteiger charge is -2.30. The van der Waals surface area contributed by atoms with E-state index in [1.54, 1.807) is 4.90 Å². The summed E-state index contributed by atoms with van der Waals surface area (Å²) >= 11 is 0. The van der Waals surface area contributed by atoms with Crippen LogP contribution in [0.25, 0.3) is 22.2 Å². The number of aromatic nitrogens is 3. The van der Waals surface area contributed by atoms with Crippen LogP contribution in [0.1, 0.15) is 6.42 Å². The van der Waals surface area contributed by atoms with Crippen molar-refractivity contribution in [1.82, 2.24) is 19.7 Å². The van der Waals surface area contributed by atoms with E-state index in [1.807, 2.05) is 0 Å². The SMILES string of the molecule is O=C(Cn1nc(F)c2ncc(-c3ccc(F)c(OC(F)F)c3)cc21)N1CCC1. The first-order valence-corrected chi connectivity index (χ1v) is 8.47. The van der Waals surface area contributed by atoms with Crippen LogP contribution in [0.4, 0.5) is 17.6 Å². The van der Waals surface area contributed by atoms with Crippen molar-refractivity contribution in [2.45, 2.75) is 19.6 Å². The molecule has 1 amide bonds. The molecule has 6 nitrogen and oxygen atoms in total. The van der Waals surface area contributed by atoms with Gasteiger partial charge in [0.15, 0.2) is 11.6 Å². The van der Waals surface area contributed by atoms with Crippen molar-refractivity contribution >= 4 is 16.9 Å². The maximum atomic E-state index is 14.1. The van der Waals surface area contributed by atoms with E-state index in [-0.39, 0.29) is 23.5 Å². The smallest absolute Gasteiger partial charge is 0.387 e. The standard InChI is InChI=1S/C18H14F4N4O2/c19-12-3-2-10(7-14(12)28-18(21)22)11-6-13-16(23-8-11)17(20)24-26(13)9-15(27)25-4-1-5-25/h2-3,6-8,18H,1,4-5,9H2.